The summed E-state index contributed by atoms with van der Waals surface area (Å²) in [6, 6.07) is 4.35. The molecule has 4 nitrogen and oxygen atoms in total. The Labute approximate surface area is 137 Å². The summed E-state index contributed by atoms with van der Waals surface area (Å²) in [5.41, 5.74) is 0.152. The fourth-order valence-electron chi connectivity index (χ4n) is 3.81. The molecule has 1 aromatic rings. The first-order chi connectivity index (χ1) is 10.6. The average molecular weight is 321 g/mol. The van der Waals surface area contributed by atoms with Crippen LogP contribution in [0.25, 0.3) is 0 Å². The lowest BCUT2D eigenvalue weighted by atomic mass is 9.85. The molecule has 0 radical (unpaired) electrons. The van der Waals surface area contributed by atoms with Gasteiger partial charge in [0.25, 0.3) is 0 Å². The fourth-order valence-corrected chi connectivity index (χ4v) is 4.55. The lowest BCUT2D eigenvalue weighted by molar-refractivity contribution is -0.132. The minimum atomic E-state index is 0.152. The first-order valence-electron chi connectivity index (χ1n) is 8.29. The minimum absolute atomic E-state index is 0.152. The monoisotopic (exact) mass is 321 g/mol. The maximum atomic E-state index is 12.3. The Morgan fingerprint density at radius 2 is 2.05 bits per heavy atom. The highest BCUT2D eigenvalue weighted by Gasteiger charge is 2.46. The first kappa shape index (κ1) is 16.0. The Morgan fingerprint density at radius 1 is 1.27 bits per heavy atom. The van der Waals surface area contributed by atoms with Crippen molar-refractivity contribution in [3.63, 3.8) is 0 Å². The first-order valence-corrected chi connectivity index (χ1v) is 9.17. The van der Waals surface area contributed by atoms with Gasteiger partial charge in [0, 0.05) is 49.6 Å². The van der Waals surface area contributed by atoms with E-state index >= 15 is 0 Å². The van der Waals surface area contributed by atoms with Crippen molar-refractivity contribution in [3.8, 4) is 0 Å². The molecule has 0 saturated carbocycles. The second-order valence-electron chi connectivity index (χ2n) is 6.93. The van der Waals surface area contributed by atoms with E-state index in [0.29, 0.717) is 5.91 Å². The molecule has 0 aliphatic carbocycles. The molecule has 122 valence electrons. The molecule has 0 bridgehead atoms. The zero-order valence-corrected chi connectivity index (χ0v) is 14.6. The van der Waals surface area contributed by atoms with Gasteiger partial charge in [-0.25, -0.2) is 0 Å². The molecule has 3 rings (SSSR count). The second kappa shape index (κ2) is 6.69. The van der Waals surface area contributed by atoms with Crippen LogP contribution in [-0.4, -0.2) is 66.4 Å². The molecule has 5 heteroatoms. The molecule has 2 aliphatic heterocycles. The molecule has 0 N–H and O–H groups in total. The van der Waals surface area contributed by atoms with E-state index in [2.05, 4.69) is 46.3 Å². The van der Waals surface area contributed by atoms with Crippen molar-refractivity contribution in [2.75, 3.05) is 40.3 Å². The van der Waals surface area contributed by atoms with Crippen LogP contribution in [-0.2, 0) is 11.3 Å². The van der Waals surface area contributed by atoms with Crippen molar-refractivity contribution in [1.82, 2.24) is 14.7 Å². The Bertz CT molecular complexity index is 492. The van der Waals surface area contributed by atoms with Crippen LogP contribution >= 0.6 is 11.3 Å². The zero-order chi connectivity index (χ0) is 15.6. The van der Waals surface area contributed by atoms with Crippen LogP contribution in [0.15, 0.2) is 17.5 Å². The van der Waals surface area contributed by atoms with Gasteiger partial charge < -0.3 is 9.80 Å². The van der Waals surface area contributed by atoms with E-state index in [0.717, 1.165) is 58.4 Å². The number of likely N-dealkylation sites (tertiary alicyclic amines) is 2. The molecule has 2 fully saturated rings. The van der Waals surface area contributed by atoms with Gasteiger partial charge in [-0.3, -0.25) is 9.69 Å². The van der Waals surface area contributed by atoms with E-state index < -0.39 is 0 Å². The predicted octanol–water partition coefficient (Wildman–Crippen LogP) is 2.27. The highest BCUT2D eigenvalue weighted by atomic mass is 32.1. The Kier molecular flexibility index (Phi) is 4.85. The fraction of sp³-hybridized carbons (Fsp3) is 0.706. The SMILES string of the molecule is CN(C)CCN1C(=O)CCC12CCN(Cc1cccs1)CC2. The highest BCUT2D eigenvalue weighted by Crippen LogP contribution is 2.39. The van der Waals surface area contributed by atoms with Crippen molar-refractivity contribution in [3.05, 3.63) is 22.4 Å². The molecule has 1 spiro atoms. The third-order valence-corrected chi connectivity index (χ3v) is 6.06. The summed E-state index contributed by atoms with van der Waals surface area (Å²) in [6.45, 7) is 5.15. The molecule has 22 heavy (non-hydrogen) atoms. The van der Waals surface area contributed by atoms with Crippen LogP contribution < -0.4 is 0 Å². The van der Waals surface area contributed by atoms with Crippen LogP contribution in [0.3, 0.4) is 0 Å². The number of nitrogens with zero attached hydrogens (tertiary/aromatic N) is 3. The quantitative estimate of drug-likeness (QED) is 0.832. The van der Waals surface area contributed by atoms with Gasteiger partial charge in [-0.15, -0.1) is 11.3 Å². The number of amides is 1. The third kappa shape index (κ3) is 3.36. The van der Waals surface area contributed by atoms with Crippen molar-refractivity contribution >= 4 is 17.2 Å². The number of piperidine rings is 1. The van der Waals surface area contributed by atoms with E-state index in [1.165, 1.54) is 4.88 Å². The van der Waals surface area contributed by atoms with Crippen LogP contribution in [0.5, 0.6) is 0 Å². The Balaban J connectivity index is 1.59. The van der Waals surface area contributed by atoms with Crippen molar-refractivity contribution in [2.24, 2.45) is 0 Å². The van der Waals surface area contributed by atoms with Crippen molar-refractivity contribution < 1.29 is 4.79 Å². The Morgan fingerprint density at radius 3 is 2.68 bits per heavy atom. The molecular formula is C17H27N3OS. The molecular weight excluding hydrogens is 294 g/mol. The summed E-state index contributed by atoms with van der Waals surface area (Å²) in [5, 5.41) is 2.15. The maximum Gasteiger partial charge on any atom is 0.223 e. The molecule has 3 heterocycles. The summed E-state index contributed by atoms with van der Waals surface area (Å²) in [5.74, 6) is 0.369. The van der Waals surface area contributed by atoms with Crippen molar-refractivity contribution in [1.29, 1.82) is 0 Å². The number of carbonyl (C=O) groups is 1. The number of thiophene rings is 1. The number of carbonyl (C=O) groups excluding carboxylic acids is 1. The average Bonchev–Trinajstić information content (AvgIpc) is 3.09. The highest BCUT2D eigenvalue weighted by molar-refractivity contribution is 7.09. The number of rotatable bonds is 5. The largest absolute Gasteiger partial charge is 0.336 e. The number of hydrogen-bond donors (Lipinski definition) is 0. The van der Waals surface area contributed by atoms with Crippen LogP contribution in [0.1, 0.15) is 30.6 Å². The van der Waals surface area contributed by atoms with Gasteiger partial charge in [0.1, 0.15) is 0 Å². The van der Waals surface area contributed by atoms with Crippen molar-refractivity contribution in [2.45, 2.75) is 37.8 Å². The molecule has 2 saturated heterocycles. The van der Waals surface area contributed by atoms with E-state index in [4.69, 9.17) is 0 Å². The molecule has 1 aromatic heterocycles. The maximum absolute atomic E-state index is 12.3. The third-order valence-electron chi connectivity index (χ3n) is 5.19. The van der Waals surface area contributed by atoms with Gasteiger partial charge in [0.05, 0.1) is 0 Å². The van der Waals surface area contributed by atoms with E-state index in [9.17, 15) is 4.79 Å². The lowest BCUT2D eigenvalue weighted by Crippen LogP contribution is -2.54. The molecule has 0 atom stereocenters. The van der Waals surface area contributed by atoms with Gasteiger partial charge >= 0.3 is 0 Å². The topological polar surface area (TPSA) is 26.8 Å². The normalized spacial score (nSPS) is 22.1. The Hall–Kier alpha value is -0.910. The summed E-state index contributed by atoms with van der Waals surface area (Å²) < 4.78 is 0. The van der Waals surface area contributed by atoms with Crippen LogP contribution in [0.4, 0.5) is 0 Å². The summed E-state index contributed by atoms with van der Waals surface area (Å²) in [7, 11) is 4.16. The van der Waals surface area contributed by atoms with Gasteiger partial charge in [-0.05, 0) is 44.8 Å². The zero-order valence-electron chi connectivity index (χ0n) is 13.8. The standard InChI is InChI=1S/C17H27N3OS/c1-18(2)11-12-20-16(21)5-6-17(20)7-9-19(10-8-17)14-15-4-3-13-22-15/h3-4,13H,5-12,14H2,1-2H3. The summed E-state index contributed by atoms with van der Waals surface area (Å²) in [4.78, 5) is 20.7. The van der Waals surface area contributed by atoms with Crippen LogP contribution in [0.2, 0.25) is 0 Å². The number of likely N-dealkylation sites (N-methyl/N-ethyl adjacent to an activating group) is 1. The minimum Gasteiger partial charge on any atom is -0.336 e. The van der Waals surface area contributed by atoms with Crippen LogP contribution in [0, 0.1) is 0 Å². The summed E-state index contributed by atoms with van der Waals surface area (Å²) in [6.07, 6.45) is 4.08. The molecule has 0 aromatic carbocycles. The second-order valence-corrected chi connectivity index (χ2v) is 7.96. The number of hydrogen-bond acceptors (Lipinski definition) is 4. The van der Waals surface area contributed by atoms with Gasteiger partial charge in [-0.2, -0.15) is 0 Å². The van der Waals surface area contributed by atoms with E-state index in [1.807, 2.05) is 11.3 Å². The van der Waals surface area contributed by atoms with E-state index in [1.54, 1.807) is 0 Å². The smallest absolute Gasteiger partial charge is 0.223 e. The lowest BCUT2D eigenvalue weighted by Gasteiger charge is -2.45. The van der Waals surface area contributed by atoms with Gasteiger partial charge in [0.2, 0.25) is 5.91 Å². The van der Waals surface area contributed by atoms with E-state index in [-0.39, 0.29) is 5.54 Å². The van der Waals surface area contributed by atoms with Gasteiger partial charge in [-0.1, -0.05) is 6.07 Å². The molecule has 1 amide bonds. The molecule has 2 aliphatic rings. The predicted molar refractivity (Wildman–Crippen MR) is 91.1 cm³/mol. The van der Waals surface area contributed by atoms with Gasteiger partial charge in [0.15, 0.2) is 0 Å². The summed E-state index contributed by atoms with van der Waals surface area (Å²) >= 11 is 1.84. The molecule has 0 unspecified atom stereocenters.